The van der Waals surface area contributed by atoms with Crippen molar-refractivity contribution in [2.75, 3.05) is 19.6 Å². The molecule has 2 N–H and O–H groups in total. The lowest BCUT2D eigenvalue weighted by Crippen LogP contribution is -2.48. The Bertz CT molecular complexity index is 1110. The number of fused-ring (bicyclic) bond motifs is 1. The van der Waals surface area contributed by atoms with Crippen molar-refractivity contribution in [2.24, 2.45) is 17.3 Å². The van der Waals surface area contributed by atoms with Crippen LogP contribution in [0.3, 0.4) is 0 Å². The van der Waals surface area contributed by atoms with E-state index in [-0.39, 0.29) is 24.8 Å². The summed E-state index contributed by atoms with van der Waals surface area (Å²) in [4.78, 5) is 55.5. The van der Waals surface area contributed by atoms with E-state index in [1.54, 1.807) is 34.6 Å². The second-order valence-corrected chi connectivity index (χ2v) is 10.2. The first-order valence-corrected chi connectivity index (χ1v) is 12.5. The summed E-state index contributed by atoms with van der Waals surface area (Å²) in [6, 6.07) is 16.5. The zero-order chi connectivity index (χ0) is 25.9. The topological polar surface area (TPSA) is 107 Å². The van der Waals surface area contributed by atoms with Crippen LogP contribution >= 0.6 is 0 Å². The molecule has 2 aliphatic rings. The normalized spacial score (nSPS) is 20.3. The fourth-order valence-corrected chi connectivity index (χ4v) is 5.80. The molecule has 2 aromatic rings. The number of likely N-dealkylation sites (tertiary alicyclic amines) is 1. The van der Waals surface area contributed by atoms with Gasteiger partial charge in [-0.3, -0.25) is 29.3 Å². The standard InChI is InChI=1S/C28H33N3O5/c1-19(2)18-28(14-17-30(27(28)35)15-12-20-8-4-3-5-9-20)23(24(32)29-36)13-16-31-25(33)21-10-6-7-11-22(21)26(31)34/h3-11,19,23,36H,12-18H2,1-2H3,(H,29,32). The lowest BCUT2D eigenvalue weighted by molar-refractivity contribution is -0.150. The minimum absolute atomic E-state index is 0.0123. The molecule has 1 saturated heterocycles. The van der Waals surface area contributed by atoms with Gasteiger partial charge in [-0.05, 0) is 49.3 Å². The Balaban J connectivity index is 1.55. The number of amides is 4. The summed E-state index contributed by atoms with van der Waals surface area (Å²) < 4.78 is 0. The van der Waals surface area contributed by atoms with Crippen LogP contribution in [-0.2, 0) is 16.0 Å². The van der Waals surface area contributed by atoms with Crippen LogP contribution in [0, 0.1) is 17.3 Å². The van der Waals surface area contributed by atoms with E-state index in [0.29, 0.717) is 43.5 Å². The number of carbonyl (C=O) groups is 4. The Labute approximate surface area is 211 Å². The van der Waals surface area contributed by atoms with Crippen molar-refractivity contribution in [2.45, 2.75) is 39.5 Å². The molecule has 2 aliphatic heterocycles. The highest BCUT2D eigenvalue weighted by Gasteiger charge is 2.54. The number of hydrogen-bond acceptors (Lipinski definition) is 5. The number of benzene rings is 2. The predicted molar refractivity (Wildman–Crippen MR) is 133 cm³/mol. The molecule has 8 heteroatoms. The van der Waals surface area contributed by atoms with E-state index in [4.69, 9.17) is 0 Å². The molecule has 36 heavy (non-hydrogen) atoms. The molecule has 190 valence electrons. The van der Waals surface area contributed by atoms with Crippen LogP contribution in [0.5, 0.6) is 0 Å². The Morgan fingerprint density at radius 2 is 1.58 bits per heavy atom. The zero-order valence-electron chi connectivity index (χ0n) is 20.8. The zero-order valence-corrected chi connectivity index (χ0v) is 20.8. The van der Waals surface area contributed by atoms with E-state index < -0.39 is 29.1 Å². The Hall–Kier alpha value is -3.52. The summed E-state index contributed by atoms with van der Waals surface area (Å²) in [5.41, 5.74) is 2.54. The first kappa shape index (κ1) is 25.6. The van der Waals surface area contributed by atoms with E-state index >= 15 is 0 Å². The molecular formula is C28H33N3O5. The number of hydrogen-bond donors (Lipinski definition) is 2. The summed E-state index contributed by atoms with van der Waals surface area (Å²) in [6.45, 7) is 5.04. The molecule has 2 atom stereocenters. The van der Waals surface area contributed by atoms with Crippen LogP contribution in [0.4, 0.5) is 0 Å². The van der Waals surface area contributed by atoms with E-state index in [1.165, 1.54) is 0 Å². The van der Waals surface area contributed by atoms with Crippen molar-refractivity contribution in [1.82, 2.24) is 15.3 Å². The number of nitrogens with one attached hydrogen (secondary N) is 1. The van der Waals surface area contributed by atoms with Gasteiger partial charge in [0, 0.05) is 19.6 Å². The molecule has 0 radical (unpaired) electrons. The number of hydroxylamine groups is 1. The van der Waals surface area contributed by atoms with Crippen molar-refractivity contribution in [1.29, 1.82) is 0 Å². The average molecular weight is 492 g/mol. The molecule has 2 heterocycles. The van der Waals surface area contributed by atoms with Crippen LogP contribution in [0.1, 0.15) is 59.4 Å². The van der Waals surface area contributed by atoms with Gasteiger partial charge in [-0.1, -0.05) is 56.3 Å². The second kappa shape index (κ2) is 10.6. The molecule has 8 nitrogen and oxygen atoms in total. The third kappa shape index (κ3) is 4.78. The van der Waals surface area contributed by atoms with Crippen molar-refractivity contribution in [3.63, 3.8) is 0 Å². The Morgan fingerprint density at radius 3 is 2.17 bits per heavy atom. The molecule has 0 spiro atoms. The summed E-state index contributed by atoms with van der Waals surface area (Å²) in [7, 11) is 0. The monoisotopic (exact) mass is 491 g/mol. The summed E-state index contributed by atoms with van der Waals surface area (Å²) in [6.07, 6.45) is 1.73. The predicted octanol–water partition coefficient (Wildman–Crippen LogP) is 3.30. The molecule has 0 saturated carbocycles. The van der Waals surface area contributed by atoms with Gasteiger partial charge in [0.25, 0.3) is 11.8 Å². The van der Waals surface area contributed by atoms with Crippen molar-refractivity contribution in [3.05, 3.63) is 71.3 Å². The van der Waals surface area contributed by atoms with Crippen LogP contribution in [0.25, 0.3) is 0 Å². The van der Waals surface area contributed by atoms with Crippen LogP contribution in [0.15, 0.2) is 54.6 Å². The highest BCUT2D eigenvalue weighted by Crippen LogP contribution is 2.46. The van der Waals surface area contributed by atoms with Gasteiger partial charge < -0.3 is 4.90 Å². The molecule has 1 fully saturated rings. The van der Waals surface area contributed by atoms with Gasteiger partial charge >= 0.3 is 0 Å². The van der Waals surface area contributed by atoms with Crippen molar-refractivity contribution >= 4 is 23.6 Å². The minimum atomic E-state index is -1.02. The van der Waals surface area contributed by atoms with Gasteiger partial charge in [-0.15, -0.1) is 0 Å². The maximum atomic E-state index is 13.9. The number of nitrogens with zero attached hydrogens (tertiary/aromatic N) is 2. The molecular weight excluding hydrogens is 458 g/mol. The van der Waals surface area contributed by atoms with Gasteiger partial charge in [0.2, 0.25) is 11.8 Å². The van der Waals surface area contributed by atoms with Crippen LogP contribution in [-0.4, -0.2) is 58.3 Å². The minimum Gasteiger partial charge on any atom is -0.342 e. The lowest BCUT2D eigenvalue weighted by atomic mass is 9.67. The van der Waals surface area contributed by atoms with Crippen LogP contribution in [0.2, 0.25) is 0 Å². The Kier molecular flexibility index (Phi) is 7.54. The molecule has 0 aliphatic carbocycles. The quantitative estimate of drug-likeness (QED) is 0.301. The lowest BCUT2D eigenvalue weighted by Gasteiger charge is -2.36. The van der Waals surface area contributed by atoms with Gasteiger partial charge in [0.1, 0.15) is 0 Å². The SMILES string of the molecule is CC(C)CC1(C(CCN2C(=O)c3ccccc3C2=O)C(=O)NO)CCN(CCc2ccccc2)C1=O. The first-order chi connectivity index (χ1) is 17.3. The van der Waals surface area contributed by atoms with Gasteiger partial charge in [0.05, 0.1) is 22.5 Å². The maximum absolute atomic E-state index is 13.9. The molecule has 0 aromatic heterocycles. The van der Waals surface area contributed by atoms with Crippen LogP contribution < -0.4 is 5.48 Å². The fourth-order valence-electron chi connectivity index (χ4n) is 5.80. The first-order valence-electron chi connectivity index (χ1n) is 12.5. The Morgan fingerprint density at radius 1 is 0.972 bits per heavy atom. The van der Waals surface area contributed by atoms with E-state index in [0.717, 1.165) is 10.5 Å². The van der Waals surface area contributed by atoms with Gasteiger partial charge in [-0.2, -0.15) is 0 Å². The molecule has 2 aromatic carbocycles. The second-order valence-electron chi connectivity index (χ2n) is 10.2. The van der Waals surface area contributed by atoms with Crippen molar-refractivity contribution in [3.8, 4) is 0 Å². The highest BCUT2D eigenvalue weighted by molar-refractivity contribution is 6.21. The van der Waals surface area contributed by atoms with Gasteiger partial charge in [-0.25, -0.2) is 5.48 Å². The van der Waals surface area contributed by atoms with Gasteiger partial charge in [0.15, 0.2) is 0 Å². The molecule has 2 unspecified atom stereocenters. The molecule has 0 bridgehead atoms. The third-order valence-electron chi connectivity index (χ3n) is 7.44. The summed E-state index contributed by atoms with van der Waals surface area (Å²) in [5.74, 6) is -2.34. The summed E-state index contributed by atoms with van der Waals surface area (Å²) in [5, 5.41) is 9.58. The van der Waals surface area contributed by atoms with E-state index in [1.807, 2.05) is 44.2 Å². The van der Waals surface area contributed by atoms with E-state index in [2.05, 4.69) is 0 Å². The fraction of sp³-hybridized carbons (Fsp3) is 0.429. The van der Waals surface area contributed by atoms with Crippen molar-refractivity contribution < 1.29 is 24.4 Å². The summed E-state index contributed by atoms with van der Waals surface area (Å²) >= 11 is 0. The largest absolute Gasteiger partial charge is 0.342 e. The average Bonchev–Trinajstić information content (AvgIpc) is 3.32. The number of imide groups is 1. The number of carbonyl (C=O) groups excluding carboxylic acids is 4. The smallest absolute Gasteiger partial charge is 0.261 e. The van der Waals surface area contributed by atoms with E-state index in [9.17, 15) is 24.4 Å². The maximum Gasteiger partial charge on any atom is 0.261 e. The molecule has 4 amide bonds. The number of rotatable bonds is 10. The highest BCUT2D eigenvalue weighted by atomic mass is 16.5. The molecule has 4 rings (SSSR count). The third-order valence-corrected chi connectivity index (χ3v) is 7.44.